The molecule has 0 spiro atoms. The molecule has 1 aliphatic rings. The SMILES string of the molecule is COc1ccc(CN(CC=Cc2ccccc2)C2CCS(=O)(=O)C2)cc1. The highest BCUT2D eigenvalue weighted by Gasteiger charge is 2.31. The van der Waals surface area contributed by atoms with Crippen LogP contribution in [0.15, 0.2) is 60.7 Å². The van der Waals surface area contributed by atoms with Crippen molar-refractivity contribution in [2.45, 2.75) is 19.0 Å². The van der Waals surface area contributed by atoms with Gasteiger partial charge in [-0.2, -0.15) is 0 Å². The van der Waals surface area contributed by atoms with Crippen LogP contribution in [0.4, 0.5) is 0 Å². The second-order valence-corrected chi connectivity index (χ2v) is 8.88. The monoisotopic (exact) mass is 371 g/mol. The summed E-state index contributed by atoms with van der Waals surface area (Å²) in [5, 5.41) is 0. The second-order valence-electron chi connectivity index (χ2n) is 6.65. The highest BCUT2D eigenvalue weighted by Crippen LogP contribution is 2.21. The Labute approximate surface area is 156 Å². The lowest BCUT2D eigenvalue weighted by molar-refractivity contribution is 0.227. The molecule has 0 aromatic heterocycles. The molecule has 0 bridgehead atoms. The van der Waals surface area contributed by atoms with Crippen molar-refractivity contribution in [3.63, 3.8) is 0 Å². The first kappa shape index (κ1) is 18.7. The summed E-state index contributed by atoms with van der Waals surface area (Å²) in [5.41, 5.74) is 2.30. The summed E-state index contributed by atoms with van der Waals surface area (Å²) in [6.07, 6.45) is 4.91. The van der Waals surface area contributed by atoms with Gasteiger partial charge in [0.25, 0.3) is 0 Å². The molecule has 1 aliphatic heterocycles. The van der Waals surface area contributed by atoms with E-state index in [0.717, 1.165) is 30.0 Å². The van der Waals surface area contributed by atoms with E-state index in [4.69, 9.17) is 4.74 Å². The molecule has 0 N–H and O–H groups in total. The van der Waals surface area contributed by atoms with E-state index in [0.29, 0.717) is 12.2 Å². The van der Waals surface area contributed by atoms with Crippen molar-refractivity contribution in [1.29, 1.82) is 0 Å². The van der Waals surface area contributed by atoms with E-state index in [2.05, 4.69) is 29.2 Å². The second kappa shape index (κ2) is 8.52. The lowest BCUT2D eigenvalue weighted by Crippen LogP contribution is -2.35. The quantitative estimate of drug-likeness (QED) is 0.748. The zero-order valence-electron chi connectivity index (χ0n) is 15.0. The van der Waals surface area contributed by atoms with Gasteiger partial charge < -0.3 is 4.74 Å². The molecule has 2 aromatic carbocycles. The van der Waals surface area contributed by atoms with Gasteiger partial charge >= 0.3 is 0 Å². The summed E-state index contributed by atoms with van der Waals surface area (Å²) in [6, 6.07) is 18.2. The summed E-state index contributed by atoms with van der Waals surface area (Å²) in [6.45, 7) is 1.45. The highest BCUT2D eigenvalue weighted by atomic mass is 32.2. The van der Waals surface area contributed by atoms with Crippen LogP contribution in [-0.2, 0) is 16.4 Å². The smallest absolute Gasteiger partial charge is 0.151 e. The number of methoxy groups -OCH3 is 1. The van der Waals surface area contributed by atoms with Crippen molar-refractivity contribution < 1.29 is 13.2 Å². The Morgan fingerprint density at radius 1 is 1.12 bits per heavy atom. The third-order valence-corrected chi connectivity index (χ3v) is 6.47. The van der Waals surface area contributed by atoms with Gasteiger partial charge in [0.05, 0.1) is 18.6 Å². The molecule has 0 radical (unpaired) electrons. The van der Waals surface area contributed by atoms with Crippen molar-refractivity contribution in [1.82, 2.24) is 4.90 Å². The first-order valence-corrected chi connectivity index (χ1v) is 10.7. The average Bonchev–Trinajstić information content (AvgIpc) is 3.02. The third-order valence-electron chi connectivity index (χ3n) is 4.72. The van der Waals surface area contributed by atoms with Crippen molar-refractivity contribution >= 4 is 15.9 Å². The molecule has 0 amide bonds. The maximum atomic E-state index is 11.9. The van der Waals surface area contributed by atoms with Crippen LogP contribution in [-0.4, -0.2) is 44.5 Å². The van der Waals surface area contributed by atoms with E-state index >= 15 is 0 Å². The van der Waals surface area contributed by atoms with Crippen LogP contribution >= 0.6 is 0 Å². The lowest BCUT2D eigenvalue weighted by Gasteiger charge is -2.27. The fourth-order valence-corrected chi connectivity index (χ4v) is 5.02. The van der Waals surface area contributed by atoms with Crippen LogP contribution in [0, 0.1) is 0 Å². The van der Waals surface area contributed by atoms with Gasteiger partial charge in [0, 0.05) is 19.1 Å². The van der Waals surface area contributed by atoms with Gasteiger partial charge in [-0.05, 0) is 29.7 Å². The van der Waals surface area contributed by atoms with Crippen LogP contribution in [0.3, 0.4) is 0 Å². The van der Waals surface area contributed by atoms with Crippen molar-refractivity contribution in [3.05, 3.63) is 71.8 Å². The predicted octanol–water partition coefficient (Wildman–Crippen LogP) is 3.40. The fourth-order valence-electron chi connectivity index (χ4n) is 3.26. The fraction of sp³-hybridized carbons (Fsp3) is 0.333. The first-order chi connectivity index (χ1) is 12.6. The van der Waals surface area contributed by atoms with Crippen molar-refractivity contribution in [2.24, 2.45) is 0 Å². The van der Waals surface area contributed by atoms with Crippen LogP contribution in [0.25, 0.3) is 6.08 Å². The number of ether oxygens (including phenoxy) is 1. The van der Waals surface area contributed by atoms with E-state index in [9.17, 15) is 8.42 Å². The maximum Gasteiger partial charge on any atom is 0.151 e. The molecular weight excluding hydrogens is 346 g/mol. The van der Waals surface area contributed by atoms with Gasteiger partial charge in [-0.25, -0.2) is 8.42 Å². The Kier molecular flexibility index (Phi) is 6.12. The van der Waals surface area contributed by atoms with E-state index in [1.807, 2.05) is 42.5 Å². The topological polar surface area (TPSA) is 46.6 Å². The maximum absolute atomic E-state index is 11.9. The van der Waals surface area contributed by atoms with Crippen molar-refractivity contribution in [3.8, 4) is 5.75 Å². The molecule has 1 unspecified atom stereocenters. The van der Waals surface area contributed by atoms with Gasteiger partial charge in [0.15, 0.2) is 9.84 Å². The molecule has 1 heterocycles. The van der Waals surface area contributed by atoms with E-state index in [1.54, 1.807) is 7.11 Å². The molecule has 5 heteroatoms. The van der Waals surface area contributed by atoms with E-state index in [1.165, 1.54) is 0 Å². The Balaban J connectivity index is 1.71. The van der Waals surface area contributed by atoms with Gasteiger partial charge in [0.2, 0.25) is 0 Å². The predicted molar refractivity (Wildman–Crippen MR) is 106 cm³/mol. The molecular formula is C21H25NO3S. The van der Waals surface area contributed by atoms with Gasteiger partial charge in [-0.3, -0.25) is 4.90 Å². The zero-order chi connectivity index (χ0) is 18.4. The average molecular weight is 372 g/mol. The third kappa shape index (κ3) is 5.19. The Bertz CT molecular complexity index is 829. The lowest BCUT2D eigenvalue weighted by atomic mass is 10.1. The van der Waals surface area contributed by atoms with Gasteiger partial charge in [-0.15, -0.1) is 0 Å². The molecule has 138 valence electrons. The normalized spacial score (nSPS) is 19.2. The zero-order valence-corrected chi connectivity index (χ0v) is 15.9. The molecule has 2 aromatic rings. The summed E-state index contributed by atoms with van der Waals surface area (Å²) < 4.78 is 29.0. The van der Waals surface area contributed by atoms with E-state index < -0.39 is 9.84 Å². The number of sulfone groups is 1. The number of hydrogen-bond donors (Lipinski definition) is 0. The van der Waals surface area contributed by atoms with E-state index in [-0.39, 0.29) is 11.8 Å². The van der Waals surface area contributed by atoms with Crippen LogP contribution < -0.4 is 4.74 Å². The van der Waals surface area contributed by atoms with Crippen molar-refractivity contribution in [2.75, 3.05) is 25.2 Å². The molecule has 0 aliphatic carbocycles. The Morgan fingerprint density at radius 2 is 1.85 bits per heavy atom. The molecule has 26 heavy (non-hydrogen) atoms. The molecule has 0 saturated carbocycles. The van der Waals surface area contributed by atoms with Gasteiger partial charge in [-0.1, -0.05) is 54.6 Å². The summed E-state index contributed by atoms with van der Waals surface area (Å²) in [5.74, 6) is 1.37. The number of rotatable bonds is 7. The minimum atomic E-state index is -2.91. The summed E-state index contributed by atoms with van der Waals surface area (Å²) in [4.78, 5) is 2.26. The molecule has 1 fully saturated rings. The molecule has 4 nitrogen and oxygen atoms in total. The van der Waals surface area contributed by atoms with Crippen LogP contribution in [0.5, 0.6) is 5.75 Å². The largest absolute Gasteiger partial charge is 0.497 e. The minimum Gasteiger partial charge on any atom is -0.497 e. The van der Waals surface area contributed by atoms with Crippen LogP contribution in [0.1, 0.15) is 17.5 Å². The molecule has 1 saturated heterocycles. The first-order valence-electron chi connectivity index (χ1n) is 8.85. The number of nitrogens with zero attached hydrogens (tertiary/aromatic N) is 1. The Morgan fingerprint density at radius 3 is 2.46 bits per heavy atom. The van der Waals surface area contributed by atoms with Gasteiger partial charge in [0.1, 0.15) is 5.75 Å². The standard InChI is InChI=1S/C21H25NO3S/c1-25-21-11-9-19(10-12-21)16-22(20-13-15-26(23,24)17-20)14-5-8-18-6-3-2-4-7-18/h2-12,20H,13-17H2,1H3. The minimum absolute atomic E-state index is 0.0718. The molecule has 1 atom stereocenters. The number of hydrogen-bond acceptors (Lipinski definition) is 4. The van der Waals surface area contributed by atoms with Crippen LogP contribution in [0.2, 0.25) is 0 Å². The summed E-state index contributed by atoms with van der Waals surface area (Å²) in [7, 11) is -1.25. The number of benzene rings is 2. The molecule has 3 rings (SSSR count). The summed E-state index contributed by atoms with van der Waals surface area (Å²) >= 11 is 0. The highest BCUT2D eigenvalue weighted by molar-refractivity contribution is 7.91. The Hall–Kier alpha value is -2.11.